The van der Waals surface area contributed by atoms with Crippen LogP contribution in [0.2, 0.25) is 15.1 Å². The lowest BCUT2D eigenvalue weighted by Crippen LogP contribution is -2.43. The topological polar surface area (TPSA) is 12.4 Å². The van der Waals surface area contributed by atoms with Crippen molar-refractivity contribution in [2.24, 2.45) is 4.99 Å². The van der Waals surface area contributed by atoms with Crippen molar-refractivity contribution in [3.05, 3.63) is 32.8 Å². The first-order valence-corrected chi connectivity index (χ1v) is 6.02. The summed E-state index contributed by atoms with van der Waals surface area (Å²) >= 11 is 17.3. The van der Waals surface area contributed by atoms with Crippen molar-refractivity contribution in [3.8, 4) is 0 Å². The maximum Gasteiger partial charge on any atom is 0.400 e. The highest BCUT2D eigenvalue weighted by Crippen LogP contribution is 2.47. The fraction of sp³-hybridized carbons (Fsp3) is 0.364. The molecule has 1 unspecified atom stereocenters. The van der Waals surface area contributed by atoms with Crippen LogP contribution in [0.15, 0.2) is 17.1 Å². The highest BCUT2D eigenvalue weighted by molar-refractivity contribution is 6.48. The molecule has 1 aromatic rings. The van der Waals surface area contributed by atoms with E-state index in [4.69, 9.17) is 34.8 Å². The number of rotatable bonds is 1. The average Bonchev–Trinajstić information content (AvgIpc) is 2.74. The lowest BCUT2D eigenvalue weighted by molar-refractivity contribution is -0.183. The Balaban J connectivity index is 2.58. The first-order valence-electron chi connectivity index (χ1n) is 4.89. The van der Waals surface area contributed by atoms with Gasteiger partial charge >= 0.3 is 6.18 Å². The Morgan fingerprint density at radius 2 is 1.72 bits per heavy atom. The van der Waals surface area contributed by atoms with Crippen molar-refractivity contribution in [1.29, 1.82) is 0 Å². The van der Waals surface area contributed by atoms with E-state index < -0.39 is 18.1 Å². The van der Waals surface area contributed by atoms with Gasteiger partial charge < -0.3 is 0 Å². The summed E-state index contributed by atoms with van der Waals surface area (Å²) in [5.74, 6) is 0. The van der Waals surface area contributed by atoms with E-state index in [2.05, 4.69) is 11.2 Å². The van der Waals surface area contributed by atoms with Crippen molar-refractivity contribution in [3.63, 3.8) is 0 Å². The third-order valence-corrected chi connectivity index (χ3v) is 4.12. The van der Waals surface area contributed by atoms with E-state index in [0.29, 0.717) is 0 Å². The smallest absolute Gasteiger partial charge is 0.287 e. The zero-order valence-electron chi connectivity index (χ0n) is 8.78. The Kier molecular flexibility index (Phi) is 3.56. The van der Waals surface area contributed by atoms with Gasteiger partial charge in [-0.1, -0.05) is 34.8 Å². The highest BCUT2D eigenvalue weighted by Gasteiger charge is 2.57. The predicted octanol–water partition coefficient (Wildman–Crippen LogP) is 4.80. The number of alkyl halides is 3. The molecule has 1 aromatic carbocycles. The number of aliphatic imine (C=N–C) groups is 1. The zero-order valence-corrected chi connectivity index (χ0v) is 11.1. The van der Waals surface area contributed by atoms with Crippen LogP contribution in [0, 0.1) is 0 Å². The molecule has 0 aromatic heterocycles. The fourth-order valence-corrected chi connectivity index (χ4v) is 2.41. The summed E-state index contributed by atoms with van der Waals surface area (Å²) in [7, 11) is 0. The van der Waals surface area contributed by atoms with Gasteiger partial charge in [0.25, 0.3) is 0 Å². The van der Waals surface area contributed by atoms with Crippen LogP contribution in [0.1, 0.15) is 12.0 Å². The van der Waals surface area contributed by atoms with Crippen molar-refractivity contribution in [1.82, 2.24) is 0 Å². The molecule has 0 saturated heterocycles. The molecule has 7 heteroatoms. The molecule has 0 saturated carbocycles. The molecule has 0 aliphatic carbocycles. The van der Waals surface area contributed by atoms with Crippen LogP contribution in [0.25, 0.3) is 0 Å². The van der Waals surface area contributed by atoms with Gasteiger partial charge in [0.1, 0.15) is 5.41 Å². The summed E-state index contributed by atoms with van der Waals surface area (Å²) in [5, 5.41) is 0.0340. The number of hydrogen-bond donors (Lipinski definition) is 0. The molecule has 0 N–H and O–H groups in total. The zero-order chi connectivity index (χ0) is 13.6. The standard InChI is InChI=1S/C11H6Cl3F3N/c12-7-3-6(4-8(13)9(7)14)10(11(15,16)17)1-2-18-5-10/h3-4H,1,5H2. The van der Waals surface area contributed by atoms with Crippen LogP contribution in [0.4, 0.5) is 13.2 Å². The second-order valence-electron chi connectivity index (χ2n) is 3.98. The molecule has 1 aliphatic heterocycles. The number of hydrogen-bond acceptors (Lipinski definition) is 1. The number of halogens is 6. The first kappa shape index (κ1) is 14.0. The molecule has 1 atom stereocenters. The van der Waals surface area contributed by atoms with Gasteiger partial charge in [-0.25, -0.2) is 0 Å². The van der Waals surface area contributed by atoms with Crippen LogP contribution in [-0.4, -0.2) is 18.9 Å². The molecular formula is C11H6Cl3F3N. The normalized spacial score (nSPS) is 23.7. The maximum atomic E-state index is 13.2. The predicted molar refractivity (Wildman–Crippen MR) is 66.1 cm³/mol. The average molecular weight is 316 g/mol. The summed E-state index contributed by atoms with van der Waals surface area (Å²) in [4.78, 5) is 3.57. The second-order valence-corrected chi connectivity index (χ2v) is 5.18. The van der Waals surface area contributed by atoms with Crippen LogP contribution >= 0.6 is 34.8 Å². The minimum absolute atomic E-state index is 0.00492. The summed E-state index contributed by atoms with van der Waals surface area (Å²) < 4.78 is 39.7. The van der Waals surface area contributed by atoms with Crippen molar-refractivity contribution in [2.45, 2.75) is 18.0 Å². The summed E-state index contributed by atoms with van der Waals surface area (Å²) in [6, 6.07) is 2.37. The Morgan fingerprint density at radius 1 is 1.17 bits per heavy atom. The van der Waals surface area contributed by atoms with Crippen molar-refractivity contribution >= 4 is 41.0 Å². The summed E-state index contributed by atoms with van der Waals surface area (Å²) in [6.45, 7) is -0.412. The SMILES string of the molecule is FC(F)(F)C1(c2cc(Cl)c(Cl)c(Cl)c2)C[C]=NC1. The molecule has 0 amide bonds. The van der Waals surface area contributed by atoms with Gasteiger partial charge in [-0.05, 0) is 17.7 Å². The van der Waals surface area contributed by atoms with Gasteiger partial charge in [-0.3, -0.25) is 4.99 Å². The first-order chi connectivity index (χ1) is 8.28. The number of benzene rings is 1. The van der Waals surface area contributed by atoms with Gasteiger partial charge in [0.15, 0.2) is 0 Å². The molecule has 1 heterocycles. The molecule has 2 rings (SSSR count). The fourth-order valence-electron chi connectivity index (χ4n) is 1.82. The van der Waals surface area contributed by atoms with Crippen LogP contribution < -0.4 is 0 Å². The second kappa shape index (κ2) is 4.58. The Morgan fingerprint density at radius 3 is 2.11 bits per heavy atom. The minimum Gasteiger partial charge on any atom is -0.287 e. The van der Waals surface area contributed by atoms with Crippen LogP contribution in [0.5, 0.6) is 0 Å². The maximum absolute atomic E-state index is 13.2. The lowest BCUT2D eigenvalue weighted by atomic mass is 9.78. The van der Waals surface area contributed by atoms with E-state index in [-0.39, 0.29) is 27.1 Å². The van der Waals surface area contributed by atoms with E-state index in [1.165, 1.54) is 12.1 Å². The Labute approximate surface area is 117 Å². The van der Waals surface area contributed by atoms with E-state index in [1.54, 1.807) is 0 Å². The molecule has 18 heavy (non-hydrogen) atoms. The van der Waals surface area contributed by atoms with Crippen LogP contribution in [0.3, 0.4) is 0 Å². The van der Waals surface area contributed by atoms with Gasteiger partial charge in [0.05, 0.1) is 27.8 Å². The van der Waals surface area contributed by atoms with Gasteiger partial charge in [0, 0.05) is 6.42 Å². The molecule has 0 spiro atoms. The molecule has 0 fully saturated rings. The summed E-state index contributed by atoms with van der Waals surface area (Å²) in [5.41, 5.74) is -2.15. The molecular weight excluding hydrogens is 309 g/mol. The Hall–Kier alpha value is -0.450. The van der Waals surface area contributed by atoms with Gasteiger partial charge in [-0.15, -0.1) is 0 Å². The molecule has 97 valence electrons. The third kappa shape index (κ3) is 2.10. The Bertz CT molecular complexity index is 480. The van der Waals surface area contributed by atoms with E-state index in [1.807, 2.05) is 0 Å². The summed E-state index contributed by atoms with van der Waals surface area (Å²) in [6.07, 6.45) is -2.44. The van der Waals surface area contributed by atoms with Crippen molar-refractivity contribution in [2.75, 3.05) is 6.54 Å². The van der Waals surface area contributed by atoms with E-state index in [9.17, 15) is 13.2 Å². The van der Waals surface area contributed by atoms with Gasteiger partial charge in [-0.2, -0.15) is 13.2 Å². The monoisotopic (exact) mass is 314 g/mol. The van der Waals surface area contributed by atoms with Crippen molar-refractivity contribution < 1.29 is 13.2 Å². The largest absolute Gasteiger partial charge is 0.400 e. The third-order valence-electron chi connectivity index (χ3n) is 2.92. The van der Waals surface area contributed by atoms with Gasteiger partial charge in [0.2, 0.25) is 0 Å². The molecule has 1 aliphatic rings. The minimum atomic E-state index is -4.46. The van der Waals surface area contributed by atoms with Crippen LogP contribution in [-0.2, 0) is 5.41 Å². The van der Waals surface area contributed by atoms with E-state index in [0.717, 1.165) is 0 Å². The lowest BCUT2D eigenvalue weighted by Gasteiger charge is -2.31. The highest BCUT2D eigenvalue weighted by atomic mass is 35.5. The quantitative estimate of drug-likeness (QED) is 0.660. The van der Waals surface area contributed by atoms with E-state index >= 15 is 0 Å². The molecule has 1 nitrogen and oxygen atoms in total. The molecule has 1 radical (unpaired) electrons. The molecule has 0 bridgehead atoms. The number of nitrogens with zero attached hydrogens (tertiary/aromatic N) is 1.